The third-order valence-corrected chi connectivity index (χ3v) is 3.88. The Bertz CT molecular complexity index is 678. The van der Waals surface area contributed by atoms with Crippen LogP contribution in [-0.4, -0.2) is 17.9 Å². The van der Waals surface area contributed by atoms with Crippen LogP contribution in [0.5, 0.6) is 0 Å². The number of fused-ring (bicyclic) bond motifs is 1. The highest BCUT2D eigenvalue weighted by atomic mass is 16.2. The van der Waals surface area contributed by atoms with E-state index in [9.17, 15) is 4.79 Å². The van der Waals surface area contributed by atoms with Crippen LogP contribution in [-0.2, 0) is 0 Å². The average Bonchev–Trinajstić information content (AvgIpc) is 2.43. The van der Waals surface area contributed by atoms with Gasteiger partial charge in [0.1, 0.15) is 6.17 Å². The summed E-state index contributed by atoms with van der Waals surface area (Å²) >= 11 is 0. The number of hydrogen-bond donors (Lipinski definition) is 1. The lowest BCUT2D eigenvalue weighted by Crippen LogP contribution is -2.40. The molecule has 20 heavy (non-hydrogen) atoms. The van der Waals surface area contributed by atoms with E-state index in [-0.39, 0.29) is 12.1 Å². The van der Waals surface area contributed by atoms with E-state index in [0.29, 0.717) is 0 Å². The number of hydrogen-bond acceptors (Lipinski definition) is 2. The van der Waals surface area contributed by atoms with Crippen molar-refractivity contribution in [3.63, 3.8) is 0 Å². The molecule has 0 bridgehead atoms. The van der Waals surface area contributed by atoms with Crippen molar-refractivity contribution in [1.82, 2.24) is 4.90 Å². The van der Waals surface area contributed by atoms with E-state index in [2.05, 4.69) is 37.4 Å². The van der Waals surface area contributed by atoms with Crippen LogP contribution in [0, 0.1) is 13.8 Å². The molecule has 2 aromatic carbocycles. The molecule has 0 saturated carbocycles. The summed E-state index contributed by atoms with van der Waals surface area (Å²) in [4.78, 5) is 14.2. The minimum Gasteiger partial charge on any atom is -0.361 e. The van der Waals surface area contributed by atoms with E-state index in [4.69, 9.17) is 0 Å². The molecule has 3 nitrogen and oxygen atoms in total. The molecule has 1 unspecified atom stereocenters. The molecule has 1 N–H and O–H groups in total. The lowest BCUT2D eigenvalue weighted by molar-refractivity contribution is 0.0735. The van der Waals surface area contributed by atoms with Crippen molar-refractivity contribution in [3.8, 4) is 0 Å². The molecule has 1 heterocycles. The van der Waals surface area contributed by atoms with Gasteiger partial charge in [0.2, 0.25) is 0 Å². The van der Waals surface area contributed by atoms with Gasteiger partial charge in [-0.05, 0) is 37.1 Å². The van der Waals surface area contributed by atoms with Gasteiger partial charge >= 0.3 is 0 Å². The number of rotatable bonds is 1. The predicted molar refractivity (Wildman–Crippen MR) is 80.8 cm³/mol. The van der Waals surface area contributed by atoms with E-state index in [1.807, 2.05) is 31.3 Å². The Morgan fingerprint density at radius 2 is 1.85 bits per heavy atom. The Labute approximate surface area is 119 Å². The van der Waals surface area contributed by atoms with Crippen LogP contribution in [0.2, 0.25) is 0 Å². The van der Waals surface area contributed by atoms with E-state index in [0.717, 1.165) is 16.8 Å². The molecular formula is C17H18N2O. The number of benzene rings is 2. The van der Waals surface area contributed by atoms with Gasteiger partial charge in [-0.15, -0.1) is 0 Å². The first kappa shape index (κ1) is 12.7. The van der Waals surface area contributed by atoms with Crippen LogP contribution in [0.15, 0.2) is 42.5 Å². The summed E-state index contributed by atoms with van der Waals surface area (Å²) in [6.07, 6.45) is -0.113. The zero-order valence-electron chi connectivity index (χ0n) is 12.0. The van der Waals surface area contributed by atoms with Gasteiger partial charge < -0.3 is 10.2 Å². The third-order valence-electron chi connectivity index (χ3n) is 3.88. The SMILES string of the molecule is Cc1ccc(C2Nc3ccccc3C(=O)N2C)c(C)c1. The summed E-state index contributed by atoms with van der Waals surface area (Å²) in [5.41, 5.74) is 5.20. The van der Waals surface area contributed by atoms with Gasteiger partial charge in [-0.3, -0.25) is 4.79 Å². The van der Waals surface area contributed by atoms with Crippen LogP contribution in [0.4, 0.5) is 5.69 Å². The first-order chi connectivity index (χ1) is 9.58. The van der Waals surface area contributed by atoms with Crippen LogP contribution < -0.4 is 5.32 Å². The second kappa shape index (κ2) is 4.67. The molecule has 1 aliphatic heterocycles. The van der Waals surface area contributed by atoms with Crippen molar-refractivity contribution in [2.24, 2.45) is 0 Å². The fourth-order valence-corrected chi connectivity index (χ4v) is 2.77. The van der Waals surface area contributed by atoms with Crippen molar-refractivity contribution < 1.29 is 4.79 Å². The van der Waals surface area contributed by atoms with Crippen LogP contribution in [0.25, 0.3) is 0 Å². The fourth-order valence-electron chi connectivity index (χ4n) is 2.77. The van der Waals surface area contributed by atoms with Gasteiger partial charge in [0.05, 0.1) is 5.56 Å². The standard InChI is InChI=1S/C17H18N2O/c1-11-8-9-13(12(2)10-11)16-18-15-7-5-4-6-14(15)17(20)19(16)3/h4-10,16,18H,1-3H3. The van der Waals surface area contributed by atoms with Crippen molar-refractivity contribution >= 4 is 11.6 Å². The molecule has 0 saturated heterocycles. The van der Waals surface area contributed by atoms with Gasteiger partial charge in [0.15, 0.2) is 0 Å². The van der Waals surface area contributed by atoms with Crippen LogP contribution in [0.3, 0.4) is 0 Å². The Morgan fingerprint density at radius 3 is 2.60 bits per heavy atom. The van der Waals surface area contributed by atoms with Crippen molar-refractivity contribution in [2.75, 3.05) is 12.4 Å². The Morgan fingerprint density at radius 1 is 1.10 bits per heavy atom. The van der Waals surface area contributed by atoms with Gasteiger partial charge in [0.25, 0.3) is 5.91 Å². The van der Waals surface area contributed by atoms with E-state index in [1.54, 1.807) is 4.90 Å². The molecule has 0 fully saturated rings. The summed E-state index contributed by atoms with van der Waals surface area (Å²) in [7, 11) is 1.84. The maximum Gasteiger partial charge on any atom is 0.257 e. The molecule has 0 spiro atoms. The topological polar surface area (TPSA) is 32.3 Å². The number of amides is 1. The molecule has 1 aliphatic rings. The normalized spacial score (nSPS) is 17.6. The minimum atomic E-state index is -0.113. The number of para-hydroxylation sites is 1. The summed E-state index contributed by atoms with van der Waals surface area (Å²) in [5.74, 6) is 0.0596. The Balaban J connectivity index is 2.06. The summed E-state index contributed by atoms with van der Waals surface area (Å²) in [6.45, 7) is 4.16. The first-order valence-electron chi connectivity index (χ1n) is 6.78. The number of aryl methyl sites for hydroxylation is 2. The molecule has 0 radical (unpaired) electrons. The highest BCUT2D eigenvalue weighted by Crippen LogP contribution is 2.33. The number of anilines is 1. The lowest BCUT2D eigenvalue weighted by Gasteiger charge is -2.36. The first-order valence-corrected chi connectivity index (χ1v) is 6.78. The summed E-state index contributed by atoms with van der Waals surface area (Å²) in [5, 5.41) is 3.46. The van der Waals surface area contributed by atoms with Crippen molar-refractivity contribution in [2.45, 2.75) is 20.0 Å². The molecule has 1 amide bonds. The van der Waals surface area contributed by atoms with Crippen molar-refractivity contribution in [3.05, 3.63) is 64.7 Å². The van der Waals surface area contributed by atoms with Crippen LogP contribution >= 0.6 is 0 Å². The number of nitrogens with one attached hydrogen (secondary N) is 1. The van der Waals surface area contributed by atoms with Gasteiger partial charge in [-0.2, -0.15) is 0 Å². The van der Waals surface area contributed by atoms with Gasteiger partial charge in [-0.1, -0.05) is 35.9 Å². The molecule has 0 aromatic heterocycles. The second-order valence-corrected chi connectivity index (χ2v) is 5.37. The van der Waals surface area contributed by atoms with Crippen molar-refractivity contribution in [1.29, 1.82) is 0 Å². The smallest absolute Gasteiger partial charge is 0.257 e. The van der Waals surface area contributed by atoms with Crippen LogP contribution in [0.1, 0.15) is 33.2 Å². The lowest BCUT2D eigenvalue weighted by atomic mass is 9.99. The zero-order chi connectivity index (χ0) is 14.3. The number of carbonyl (C=O) groups is 1. The number of nitrogens with zero attached hydrogens (tertiary/aromatic N) is 1. The summed E-state index contributed by atoms with van der Waals surface area (Å²) < 4.78 is 0. The highest BCUT2D eigenvalue weighted by molar-refractivity contribution is 6.01. The van der Waals surface area contributed by atoms with Gasteiger partial charge in [-0.25, -0.2) is 0 Å². The minimum absolute atomic E-state index is 0.0596. The maximum absolute atomic E-state index is 12.5. The number of carbonyl (C=O) groups excluding carboxylic acids is 1. The largest absolute Gasteiger partial charge is 0.361 e. The Kier molecular flexibility index (Phi) is 2.97. The quantitative estimate of drug-likeness (QED) is 0.856. The maximum atomic E-state index is 12.5. The molecule has 0 aliphatic carbocycles. The second-order valence-electron chi connectivity index (χ2n) is 5.37. The average molecular weight is 266 g/mol. The van der Waals surface area contributed by atoms with E-state index >= 15 is 0 Å². The summed E-state index contributed by atoms with van der Waals surface area (Å²) in [6, 6.07) is 14.0. The Hall–Kier alpha value is -2.29. The molecule has 3 heteroatoms. The highest BCUT2D eigenvalue weighted by Gasteiger charge is 2.30. The predicted octanol–water partition coefficient (Wildman–Crippen LogP) is 3.50. The van der Waals surface area contributed by atoms with Gasteiger partial charge in [0, 0.05) is 12.7 Å². The molecule has 3 rings (SSSR count). The fraction of sp³-hybridized carbons (Fsp3) is 0.235. The molecule has 102 valence electrons. The zero-order valence-corrected chi connectivity index (χ0v) is 12.0. The molecular weight excluding hydrogens is 248 g/mol. The molecule has 1 atom stereocenters. The van der Waals surface area contributed by atoms with E-state index in [1.165, 1.54) is 11.1 Å². The molecule has 2 aromatic rings. The third kappa shape index (κ3) is 1.95. The van der Waals surface area contributed by atoms with E-state index < -0.39 is 0 Å². The monoisotopic (exact) mass is 266 g/mol.